The van der Waals surface area contributed by atoms with E-state index >= 15 is 0 Å². The summed E-state index contributed by atoms with van der Waals surface area (Å²) in [6.07, 6.45) is 0. The second kappa shape index (κ2) is 9.09. The van der Waals surface area contributed by atoms with Crippen LogP contribution in [0, 0.1) is 0 Å². The molecule has 0 aromatic heterocycles. The fourth-order valence-corrected chi connectivity index (χ4v) is 10.6. The molecule has 0 aromatic carbocycles. The van der Waals surface area contributed by atoms with E-state index in [1.54, 1.807) is 9.75 Å². The van der Waals surface area contributed by atoms with Gasteiger partial charge in [0, 0.05) is 0 Å². The summed E-state index contributed by atoms with van der Waals surface area (Å²) in [6, 6.07) is 31.2. The van der Waals surface area contributed by atoms with E-state index in [9.17, 15) is 0 Å². The predicted molar refractivity (Wildman–Crippen MR) is 116 cm³/mol. The van der Waals surface area contributed by atoms with Crippen LogP contribution in [0.2, 0.25) is 0 Å². The van der Waals surface area contributed by atoms with Crippen LogP contribution in [0.3, 0.4) is 0 Å². The Morgan fingerprint density at radius 3 is 1.38 bits per heavy atom. The summed E-state index contributed by atoms with van der Waals surface area (Å²) in [4.78, 5) is 0. The molecule has 0 spiro atoms. The van der Waals surface area contributed by atoms with Gasteiger partial charge < -0.3 is 0 Å². The predicted octanol–water partition coefficient (Wildman–Crippen LogP) is 5.52. The fraction of sp³-hybridized carbons (Fsp3) is 0.0870. The van der Waals surface area contributed by atoms with Gasteiger partial charge in [0.15, 0.2) is 0 Å². The SMILES string of the molecule is C[C](C)=[Zr]([c]1ccc2cccccc1-2)[c]1ccc2cccccc1-2.Cl.Cl. The van der Waals surface area contributed by atoms with Crippen molar-refractivity contribution in [1.82, 2.24) is 0 Å². The third-order valence-electron chi connectivity index (χ3n) is 4.62. The Morgan fingerprint density at radius 1 is 0.538 bits per heavy atom. The van der Waals surface area contributed by atoms with Crippen molar-refractivity contribution < 1.29 is 21.3 Å². The molecule has 26 heavy (non-hydrogen) atoms. The normalized spacial score (nSPS) is 10.1. The Kier molecular flexibility index (Phi) is 7.36. The van der Waals surface area contributed by atoms with Gasteiger partial charge in [-0.05, 0) is 0 Å². The van der Waals surface area contributed by atoms with Gasteiger partial charge >= 0.3 is 152 Å². The summed E-state index contributed by atoms with van der Waals surface area (Å²) in [7, 11) is 0. The van der Waals surface area contributed by atoms with E-state index in [1.165, 1.54) is 22.3 Å². The van der Waals surface area contributed by atoms with Crippen LogP contribution in [0.5, 0.6) is 0 Å². The Bertz CT molecular complexity index is 912. The second-order valence-electron chi connectivity index (χ2n) is 6.43. The summed E-state index contributed by atoms with van der Waals surface area (Å²) in [6.45, 7) is 4.66. The minimum Gasteiger partial charge on any atom is -0.147 e. The van der Waals surface area contributed by atoms with Crippen LogP contribution in [0.4, 0.5) is 0 Å². The van der Waals surface area contributed by atoms with Gasteiger partial charge in [0.1, 0.15) is 0 Å². The summed E-state index contributed by atoms with van der Waals surface area (Å²) in [5.74, 6) is 0. The third kappa shape index (κ3) is 3.86. The Morgan fingerprint density at radius 2 is 0.962 bits per heavy atom. The van der Waals surface area contributed by atoms with Crippen LogP contribution in [-0.2, 0) is 21.3 Å². The molecule has 0 heterocycles. The molecule has 0 fully saturated rings. The van der Waals surface area contributed by atoms with E-state index < -0.39 is 21.3 Å². The molecule has 0 saturated heterocycles. The molecule has 0 radical (unpaired) electrons. The monoisotopic (exact) mass is 458 g/mol. The van der Waals surface area contributed by atoms with Crippen molar-refractivity contribution in [2.45, 2.75) is 13.8 Å². The first kappa shape index (κ1) is 21.0. The summed E-state index contributed by atoms with van der Waals surface area (Å²) >= 11 is -2.09. The van der Waals surface area contributed by atoms with E-state index in [0.29, 0.717) is 0 Å². The largest absolute Gasteiger partial charge is 0.147 e. The molecule has 4 rings (SSSR count). The van der Waals surface area contributed by atoms with Crippen LogP contribution in [0.25, 0.3) is 22.3 Å². The molecule has 0 nitrogen and oxygen atoms in total. The maximum absolute atomic E-state index is 2.38. The van der Waals surface area contributed by atoms with Gasteiger partial charge in [-0.25, -0.2) is 0 Å². The Hall–Kier alpha value is -1.27. The molecule has 0 aliphatic heterocycles. The van der Waals surface area contributed by atoms with Crippen LogP contribution in [0.1, 0.15) is 13.8 Å². The van der Waals surface area contributed by atoms with Gasteiger partial charge in [-0.1, -0.05) is 0 Å². The molecule has 132 valence electrons. The summed E-state index contributed by atoms with van der Waals surface area (Å²) < 4.78 is 4.82. The summed E-state index contributed by atoms with van der Waals surface area (Å²) in [5.41, 5.74) is 5.59. The molecular weight excluding hydrogens is 438 g/mol. The molecule has 0 amide bonds. The topological polar surface area (TPSA) is 0 Å². The minimum atomic E-state index is -2.09. The van der Waals surface area contributed by atoms with Gasteiger partial charge in [0.05, 0.1) is 0 Å². The van der Waals surface area contributed by atoms with Gasteiger partial charge in [0.25, 0.3) is 0 Å². The average Bonchev–Trinajstić information content (AvgIpc) is 2.94. The first-order valence-electron chi connectivity index (χ1n) is 8.39. The number of hydrogen-bond acceptors (Lipinski definition) is 0. The van der Waals surface area contributed by atoms with Gasteiger partial charge in [-0.3, -0.25) is 0 Å². The standard InChI is InChI=1S/2C10H7.C3H6.2ClH.Zr/c2*1-2-5-9-7-4-8-10(9)6-3-1;1-3-2;;;/h2*1-7H;1-2H3;2*1H;. The maximum Gasteiger partial charge on any atom is -0.147 e. The molecule has 4 aliphatic rings. The van der Waals surface area contributed by atoms with Crippen molar-refractivity contribution in [1.29, 1.82) is 0 Å². The van der Waals surface area contributed by atoms with Crippen molar-refractivity contribution in [3.8, 4) is 22.3 Å². The van der Waals surface area contributed by atoms with Crippen LogP contribution < -0.4 is 6.54 Å². The van der Waals surface area contributed by atoms with Crippen LogP contribution in [-0.4, -0.2) is 3.21 Å². The first-order valence-corrected chi connectivity index (χ1v) is 12.1. The second-order valence-corrected chi connectivity index (χ2v) is 13.4. The molecule has 0 N–H and O–H groups in total. The van der Waals surface area contributed by atoms with Crippen molar-refractivity contribution in [3.05, 3.63) is 84.9 Å². The van der Waals surface area contributed by atoms with Crippen LogP contribution in [0.15, 0.2) is 84.9 Å². The van der Waals surface area contributed by atoms with E-state index in [4.69, 9.17) is 0 Å². The smallest absolute Gasteiger partial charge is 0.147 e. The number of halogens is 2. The van der Waals surface area contributed by atoms with Crippen molar-refractivity contribution >= 4 is 34.6 Å². The average molecular weight is 461 g/mol. The molecule has 0 bridgehead atoms. The molecule has 0 atom stereocenters. The van der Waals surface area contributed by atoms with Crippen LogP contribution >= 0.6 is 24.8 Å². The third-order valence-corrected chi connectivity index (χ3v) is 11.9. The van der Waals surface area contributed by atoms with Crippen molar-refractivity contribution in [2.24, 2.45) is 0 Å². The van der Waals surface area contributed by atoms with Gasteiger partial charge in [0.2, 0.25) is 0 Å². The number of fused-ring (bicyclic) bond motifs is 2. The molecule has 0 saturated carbocycles. The zero-order valence-corrected chi connectivity index (χ0v) is 19.0. The zero-order valence-electron chi connectivity index (χ0n) is 14.9. The van der Waals surface area contributed by atoms with E-state index in [0.717, 1.165) is 0 Å². The van der Waals surface area contributed by atoms with Crippen molar-refractivity contribution in [2.75, 3.05) is 0 Å². The molecule has 0 unspecified atom stereocenters. The Labute approximate surface area is 175 Å². The van der Waals surface area contributed by atoms with Gasteiger partial charge in [-0.2, -0.15) is 0 Å². The molecular formula is C23H22Cl2Zr. The summed E-state index contributed by atoms with van der Waals surface area (Å²) in [5, 5.41) is 0. The number of rotatable bonds is 2. The minimum absolute atomic E-state index is 0. The number of hydrogen-bond donors (Lipinski definition) is 0. The Balaban J connectivity index is 0.00000121. The quantitative estimate of drug-likeness (QED) is 0.370. The maximum atomic E-state index is 2.38. The van der Waals surface area contributed by atoms with E-state index in [1.807, 2.05) is 0 Å². The first-order chi connectivity index (χ1) is 11.8. The molecule has 4 aliphatic carbocycles. The molecule has 3 heteroatoms. The van der Waals surface area contributed by atoms with E-state index in [-0.39, 0.29) is 24.8 Å². The molecule has 0 aromatic rings. The van der Waals surface area contributed by atoms with E-state index in [2.05, 4.69) is 98.8 Å². The zero-order chi connectivity index (χ0) is 16.5. The van der Waals surface area contributed by atoms with Crippen molar-refractivity contribution in [3.63, 3.8) is 0 Å². The fourth-order valence-electron chi connectivity index (χ4n) is 3.55. The van der Waals surface area contributed by atoms with Gasteiger partial charge in [-0.15, -0.1) is 24.8 Å².